The fourth-order valence-corrected chi connectivity index (χ4v) is 4.43. The van der Waals surface area contributed by atoms with Crippen molar-refractivity contribution >= 4 is 17.3 Å². The molecule has 3 aromatic heterocycles. The first-order valence-corrected chi connectivity index (χ1v) is 10.9. The number of piperidine rings is 1. The van der Waals surface area contributed by atoms with Gasteiger partial charge in [-0.1, -0.05) is 27.7 Å². The lowest BCUT2D eigenvalue weighted by Gasteiger charge is -2.22. The Labute approximate surface area is 170 Å². The third-order valence-corrected chi connectivity index (χ3v) is 5.68. The number of nitrogens with zero attached hydrogens (tertiary/aromatic N) is 5. The topological polar surface area (TPSA) is 70.9 Å². The molecular weight excluding hydrogens is 368 g/mol. The Kier molecular flexibility index (Phi) is 6.76. The highest BCUT2D eigenvalue weighted by Gasteiger charge is 2.18. The summed E-state index contributed by atoms with van der Waals surface area (Å²) in [4.78, 5) is 1.08. The van der Waals surface area contributed by atoms with Gasteiger partial charge in [0.25, 0.3) is 0 Å². The molecule has 4 heterocycles. The predicted octanol–water partition coefficient (Wildman–Crippen LogP) is 4.52. The summed E-state index contributed by atoms with van der Waals surface area (Å²) in [5, 5.41) is 22.2. The predicted molar refractivity (Wildman–Crippen MR) is 115 cm³/mol. The maximum atomic E-state index is 9.39. The minimum atomic E-state index is 0.417. The van der Waals surface area contributed by atoms with Crippen molar-refractivity contribution < 1.29 is 0 Å². The monoisotopic (exact) mass is 396 g/mol. The van der Waals surface area contributed by atoms with E-state index in [-0.39, 0.29) is 0 Å². The van der Waals surface area contributed by atoms with Crippen LogP contribution >= 0.6 is 11.8 Å². The summed E-state index contributed by atoms with van der Waals surface area (Å²) < 4.78 is 3.89. The highest BCUT2D eigenvalue weighted by atomic mass is 32.2. The average Bonchev–Trinajstić information content (AvgIpc) is 3.37. The average molecular weight is 397 g/mol. The van der Waals surface area contributed by atoms with Gasteiger partial charge in [0.1, 0.15) is 6.07 Å². The fourth-order valence-electron chi connectivity index (χ4n) is 3.41. The Balaban J connectivity index is 0.00000109. The Morgan fingerprint density at radius 3 is 2.71 bits per heavy atom. The minimum absolute atomic E-state index is 0.417. The van der Waals surface area contributed by atoms with Gasteiger partial charge in [0.2, 0.25) is 0 Å². The Morgan fingerprint density at radius 1 is 1.21 bits per heavy atom. The number of pyridine rings is 1. The molecule has 0 amide bonds. The van der Waals surface area contributed by atoms with Crippen molar-refractivity contribution in [2.24, 2.45) is 0 Å². The molecular formula is C21H28N6S. The van der Waals surface area contributed by atoms with Gasteiger partial charge in [-0.2, -0.15) is 15.5 Å². The van der Waals surface area contributed by atoms with Crippen LogP contribution in [0.2, 0.25) is 0 Å². The van der Waals surface area contributed by atoms with Crippen molar-refractivity contribution in [3.8, 4) is 17.2 Å². The summed E-state index contributed by atoms with van der Waals surface area (Å²) in [7, 11) is 0. The molecule has 0 radical (unpaired) electrons. The van der Waals surface area contributed by atoms with Crippen molar-refractivity contribution in [1.29, 1.82) is 5.26 Å². The van der Waals surface area contributed by atoms with E-state index in [1.807, 2.05) is 30.8 Å². The molecule has 1 fully saturated rings. The molecule has 148 valence electrons. The van der Waals surface area contributed by atoms with Crippen LogP contribution in [-0.2, 0) is 0 Å². The maximum absolute atomic E-state index is 9.39. The quantitative estimate of drug-likeness (QED) is 0.657. The number of hydrogen-bond acceptors (Lipinski definition) is 5. The number of rotatable bonds is 4. The van der Waals surface area contributed by atoms with Gasteiger partial charge < -0.3 is 5.32 Å². The van der Waals surface area contributed by atoms with Crippen molar-refractivity contribution in [2.45, 2.75) is 56.7 Å². The number of nitriles is 1. The largest absolute Gasteiger partial charge is 0.315 e. The van der Waals surface area contributed by atoms with Crippen molar-refractivity contribution in [3.05, 3.63) is 36.4 Å². The third kappa shape index (κ3) is 4.23. The number of hydrogen-bond donors (Lipinski definition) is 1. The molecule has 1 atom stereocenters. The summed E-state index contributed by atoms with van der Waals surface area (Å²) in [6.07, 6.45) is 10.0. The van der Waals surface area contributed by atoms with Crippen LogP contribution in [0.5, 0.6) is 0 Å². The summed E-state index contributed by atoms with van der Waals surface area (Å²) in [5.41, 5.74) is 3.66. The molecule has 7 heteroatoms. The van der Waals surface area contributed by atoms with Crippen molar-refractivity contribution in [2.75, 3.05) is 13.1 Å². The summed E-state index contributed by atoms with van der Waals surface area (Å²) in [5.74, 6) is 0. The minimum Gasteiger partial charge on any atom is -0.315 e. The SMILES string of the molecule is CC.CC(C)Sc1cc(-c2cnn(C3CCCNC3)c2)cn2ncc(C#N)c12. The molecule has 1 unspecified atom stereocenters. The van der Waals surface area contributed by atoms with E-state index in [4.69, 9.17) is 0 Å². The van der Waals surface area contributed by atoms with E-state index in [9.17, 15) is 5.26 Å². The van der Waals surface area contributed by atoms with Gasteiger partial charge in [0.05, 0.1) is 29.5 Å². The molecule has 6 nitrogen and oxygen atoms in total. The van der Waals surface area contributed by atoms with Crippen LogP contribution in [0, 0.1) is 11.3 Å². The van der Waals surface area contributed by atoms with Gasteiger partial charge in [0, 0.05) is 40.2 Å². The molecule has 4 rings (SSSR count). The van der Waals surface area contributed by atoms with Crippen LogP contribution < -0.4 is 5.32 Å². The fraction of sp³-hybridized carbons (Fsp3) is 0.476. The summed E-state index contributed by atoms with van der Waals surface area (Å²) >= 11 is 1.76. The lowest BCUT2D eigenvalue weighted by molar-refractivity contribution is 0.347. The molecule has 0 aromatic carbocycles. The van der Waals surface area contributed by atoms with Gasteiger partial charge in [0.15, 0.2) is 0 Å². The van der Waals surface area contributed by atoms with E-state index < -0.39 is 0 Å². The molecule has 1 aliphatic rings. The van der Waals surface area contributed by atoms with Crippen LogP contribution in [-0.4, -0.2) is 37.7 Å². The number of nitrogens with one attached hydrogen (secondary N) is 1. The molecule has 28 heavy (non-hydrogen) atoms. The normalized spacial score (nSPS) is 16.6. The first-order chi connectivity index (χ1) is 13.7. The lowest BCUT2D eigenvalue weighted by Crippen LogP contribution is -2.31. The first kappa shape index (κ1) is 20.4. The third-order valence-electron chi connectivity index (χ3n) is 4.64. The molecule has 1 N–H and O–H groups in total. The number of thioether (sulfide) groups is 1. The highest BCUT2D eigenvalue weighted by Crippen LogP contribution is 2.33. The van der Waals surface area contributed by atoms with E-state index in [0.29, 0.717) is 16.9 Å². The lowest BCUT2D eigenvalue weighted by atomic mass is 10.1. The summed E-state index contributed by atoms with van der Waals surface area (Å²) in [6, 6.07) is 4.82. The second-order valence-corrected chi connectivity index (χ2v) is 8.55. The van der Waals surface area contributed by atoms with Gasteiger partial charge >= 0.3 is 0 Å². The van der Waals surface area contributed by atoms with Crippen LogP contribution in [0.25, 0.3) is 16.6 Å². The Morgan fingerprint density at radius 2 is 2.04 bits per heavy atom. The molecule has 0 saturated carbocycles. The molecule has 1 aliphatic heterocycles. The van der Waals surface area contributed by atoms with Crippen molar-refractivity contribution in [1.82, 2.24) is 24.7 Å². The Bertz CT molecular complexity index is 959. The zero-order valence-electron chi connectivity index (χ0n) is 17.0. The maximum Gasteiger partial charge on any atom is 0.103 e. The molecule has 1 saturated heterocycles. The van der Waals surface area contributed by atoms with Crippen molar-refractivity contribution in [3.63, 3.8) is 0 Å². The Hall–Kier alpha value is -2.30. The van der Waals surface area contributed by atoms with Gasteiger partial charge in [-0.25, -0.2) is 4.52 Å². The smallest absolute Gasteiger partial charge is 0.103 e. The molecule has 0 bridgehead atoms. The zero-order valence-corrected chi connectivity index (χ0v) is 17.8. The van der Waals surface area contributed by atoms with E-state index in [1.54, 1.807) is 18.0 Å². The van der Waals surface area contributed by atoms with E-state index in [2.05, 4.69) is 52.4 Å². The zero-order chi connectivity index (χ0) is 20.1. The number of fused-ring (bicyclic) bond motifs is 1. The second kappa shape index (κ2) is 9.26. The molecule has 0 aliphatic carbocycles. The van der Waals surface area contributed by atoms with E-state index in [1.165, 1.54) is 6.42 Å². The van der Waals surface area contributed by atoms with Gasteiger partial charge in [-0.15, -0.1) is 11.8 Å². The van der Waals surface area contributed by atoms with E-state index in [0.717, 1.165) is 41.0 Å². The highest BCUT2D eigenvalue weighted by molar-refractivity contribution is 8.00. The van der Waals surface area contributed by atoms with Gasteiger partial charge in [-0.05, 0) is 25.5 Å². The van der Waals surface area contributed by atoms with Crippen LogP contribution in [0.4, 0.5) is 0 Å². The van der Waals surface area contributed by atoms with Crippen LogP contribution in [0.15, 0.2) is 35.7 Å². The number of aromatic nitrogens is 4. The second-order valence-electron chi connectivity index (χ2n) is 6.93. The molecule has 3 aromatic rings. The molecule has 0 spiro atoms. The first-order valence-electron chi connectivity index (χ1n) is 9.99. The van der Waals surface area contributed by atoms with Gasteiger partial charge in [-0.3, -0.25) is 4.68 Å². The van der Waals surface area contributed by atoms with Crippen LogP contribution in [0.3, 0.4) is 0 Å². The van der Waals surface area contributed by atoms with Crippen LogP contribution in [0.1, 0.15) is 52.1 Å². The standard InChI is InChI=1S/C19H22N6S.C2H6/c1-13(2)26-18-6-14(11-25-19(18)15(7-20)8-23-25)16-9-22-24(12-16)17-4-3-5-21-10-17;1-2/h6,8-9,11-13,17,21H,3-5,10H2,1-2H3;1-2H3. The summed E-state index contributed by atoms with van der Waals surface area (Å²) in [6.45, 7) is 10.4. The van der Waals surface area contributed by atoms with E-state index >= 15 is 0 Å².